The second-order valence-electron chi connectivity index (χ2n) is 14.6. The SMILES string of the molecule is CC1(C)c2ccccc2-c2c1ccc1ccc(-n3c4ccccc4c4cc(-c5ccc6c(c5)c5ccccc5n6-c5ccccc5)ccc43)cc21. The van der Waals surface area contributed by atoms with Crippen molar-refractivity contribution in [1.82, 2.24) is 9.13 Å². The summed E-state index contributed by atoms with van der Waals surface area (Å²) in [6.45, 7) is 4.72. The Hall–Kier alpha value is -6.38. The number of fused-ring (bicyclic) bond motifs is 11. The Bertz CT molecular complexity index is 3040. The predicted molar refractivity (Wildman–Crippen MR) is 216 cm³/mol. The molecule has 2 nitrogen and oxygen atoms in total. The molecule has 1 aliphatic rings. The highest BCUT2D eigenvalue weighted by Gasteiger charge is 2.36. The van der Waals surface area contributed by atoms with E-state index in [1.54, 1.807) is 0 Å². The summed E-state index contributed by atoms with van der Waals surface area (Å²) in [5.41, 5.74) is 15.2. The van der Waals surface area contributed by atoms with Gasteiger partial charge in [0.05, 0.1) is 22.1 Å². The summed E-state index contributed by atoms with van der Waals surface area (Å²) < 4.78 is 4.83. The topological polar surface area (TPSA) is 9.86 Å². The molecule has 0 spiro atoms. The Morgan fingerprint density at radius 3 is 1.61 bits per heavy atom. The van der Waals surface area contributed by atoms with Gasteiger partial charge in [-0.15, -0.1) is 0 Å². The summed E-state index contributed by atoms with van der Waals surface area (Å²) in [5.74, 6) is 0. The fourth-order valence-corrected chi connectivity index (χ4v) is 9.09. The first-order valence-electron chi connectivity index (χ1n) is 17.9. The average molecular weight is 651 g/mol. The summed E-state index contributed by atoms with van der Waals surface area (Å²) >= 11 is 0. The predicted octanol–water partition coefficient (Wildman–Crippen LogP) is 13.0. The van der Waals surface area contributed by atoms with E-state index in [4.69, 9.17) is 0 Å². The van der Waals surface area contributed by atoms with Crippen molar-refractivity contribution in [2.24, 2.45) is 0 Å². The molecule has 0 radical (unpaired) electrons. The molecule has 0 atom stereocenters. The second kappa shape index (κ2) is 10.3. The van der Waals surface area contributed by atoms with Crippen LogP contribution in [0.5, 0.6) is 0 Å². The average Bonchev–Trinajstić information content (AvgIpc) is 3.78. The molecule has 0 fully saturated rings. The van der Waals surface area contributed by atoms with Crippen LogP contribution in [-0.4, -0.2) is 9.13 Å². The van der Waals surface area contributed by atoms with Crippen LogP contribution in [0.1, 0.15) is 25.0 Å². The van der Waals surface area contributed by atoms with Crippen molar-refractivity contribution in [2.45, 2.75) is 19.3 Å². The van der Waals surface area contributed by atoms with Crippen molar-refractivity contribution in [2.75, 3.05) is 0 Å². The molecule has 8 aromatic carbocycles. The number of hydrogen-bond donors (Lipinski definition) is 0. The molecule has 0 unspecified atom stereocenters. The number of rotatable bonds is 3. The largest absolute Gasteiger partial charge is 0.309 e. The van der Waals surface area contributed by atoms with Gasteiger partial charge in [0, 0.05) is 38.3 Å². The maximum absolute atomic E-state index is 2.45. The van der Waals surface area contributed by atoms with Crippen LogP contribution in [0, 0.1) is 0 Å². The lowest BCUT2D eigenvalue weighted by Crippen LogP contribution is -2.14. The minimum absolute atomic E-state index is 0.0289. The molecule has 10 aromatic rings. The van der Waals surface area contributed by atoms with Gasteiger partial charge in [0.25, 0.3) is 0 Å². The van der Waals surface area contributed by atoms with E-state index in [1.807, 2.05) is 0 Å². The summed E-state index contributed by atoms with van der Waals surface area (Å²) in [6.07, 6.45) is 0. The van der Waals surface area contributed by atoms with Crippen molar-refractivity contribution < 1.29 is 0 Å². The molecule has 11 rings (SSSR count). The molecule has 2 heteroatoms. The first-order valence-corrected chi connectivity index (χ1v) is 17.9. The first kappa shape index (κ1) is 28.5. The molecule has 0 amide bonds. The smallest absolute Gasteiger partial charge is 0.0541 e. The Morgan fingerprint density at radius 1 is 0.373 bits per heavy atom. The first-order chi connectivity index (χ1) is 25.1. The minimum Gasteiger partial charge on any atom is -0.309 e. The van der Waals surface area contributed by atoms with E-state index in [-0.39, 0.29) is 5.41 Å². The van der Waals surface area contributed by atoms with Crippen molar-refractivity contribution in [3.05, 3.63) is 181 Å². The van der Waals surface area contributed by atoms with Gasteiger partial charge in [-0.2, -0.15) is 0 Å². The summed E-state index contributed by atoms with van der Waals surface area (Å²) in [5, 5.41) is 7.65. The zero-order valence-corrected chi connectivity index (χ0v) is 28.6. The third-order valence-corrected chi connectivity index (χ3v) is 11.5. The molecular weight excluding hydrogens is 617 g/mol. The minimum atomic E-state index is -0.0289. The molecular formula is C49H34N2. The molecule has 0 saturated heterocycles. The van der Waals surface area contributed by atoms with Gasteiger partial charge in [0.15, 0.2) is 0 Å². The molecule has 2 aromatic heterocycles. The monoisotopic (exact) mass is 650 g/mol. The van der Waals surface area contributed by atoms with E-state index in [0.29, 0.717) is 0 Å². The Balaban J connectivity index is 1.11. The van der Waals surface area contributed by atoms with Crippen molar-refractivity contribution in [3.63, 3.8) is 0 Å². The normalized spacial score (nSPS) is 13.5. The van der Waals surface area contributed by atoms with Crippen molar-refractivity contribution >= 4 is 54.4 Å². The third-order valence-electron chi connectivity index (χ3n) is 11.5. The number of benzene rings is 8. The van der Waals surface area contributed by atoms with E-state index < -0.39 is 0 Å². The van der Waals surface area contributed by atoms with Gasteiger partial charge in [-0.25, -0.2) is 0 Å². The molecule has 0 bridgehead atoms. The maximum Gasteiger partial charge on any atom is 0.0541 e. The Morgan fingerprint density at radius 2 is 0.922 bits per heavy atom. The highest BCUT2D eigenvalue weighted by molar-refractivity contribution is 6.13. The number of aromatic nitrogens is 2. The molecule has 51 heavy (non-hydrogen) atoms. The van der Waals surface area contributed by atoms with E-state index in [1.165, 1.54) is 99.1 Å². The van der Waals surface area contributed by atoms with E-state index >= 15 is 0 Å². The lowest BCUT2D eigenvalue weighted by molar-refractivity contribution is 0.661. The highest BCUT2D eigenvalue weighted by Crippen LogP contribution is 2.51. The van der Waals surface area contributed by atoms with Crippen molar-refractivity contribution in [3.8, 4) is 33.6 Å². The molecule has 0 N–H and O–H groups in total. The van der Waals surface area contributed by atoms with Crippen LogP contribution in [0.2, 0.25) is 0 Å². The summed E-state index contributed by atoms with van der Waals surface area (Å²) in [7, 11) is 0. The van der Waals surface area contributed by atoms with Gasteiger partial charge in [0.2, 0.25) is 0 Å². The zero-order valence-electron chi connectivity index (χ0n) is 28.6. The Labute approximate surface area is 296 Å². The standard InChI is InChI=1S/C49H34N2/c1-49(2)42-17-9-6-16-38(42)48-39-30-35(24-20-31(39)21-25-43(48)49)51-45-19-11-8-15-37(45)41-29-33(23-27-47(41)51)32-22-26-46-40(28-32)36-14-7-10-18-44(36)50(46)34-12-4-3-5-13-34/h3-30H,1-2H3. The lowest BCUT2D eigenvalue weighted by Gasteiger charge is -2.21. The quantitative estimate of drug-likeness (QED) is 0.180. The molecule has 1 aliphatic carbocycles. The van der Waals surface area contributed by atoms with Gasteiger partial charge in [0.1, 0.15) is 0 Å². The van der Waals surface area contributed by atoms with Gasteiger partial charge < -0.3 is 9.13 Å². The molecule has 0 aliphatic heterocycles. The maximum atomic E-state index is 2.45. The van der Waals surface area contributed by atoms with Gasteiger partial charge >= 0.3 is 0 Å². The fraction of sp³-hybridized carbons (Fsp3) is 0.0612. The molecule has 0 saturated carbocycles. The van der Waals surface area contributed by atoms with Gasteiger partial charge in [-0.1, -0.05) is 123 Å². The van der Waals surface area contributed by atoms with Gasteiger partial charge in [-0.3, -0.25) is 0 Å². The van der Waals surface area contributed by atoms with Crippen LogP contribution in [0.25, 0.3) is 88.0 Å². The Kier molecular flexibility index (Phi) is 5.76. The fourth-order valence-electron chi connectivity index (χ4n) is 9.09. The summed E-state index contributed by atoms with van der Waals surface area (Å²) in [6, 6.07) is 62.8. The van der Waals surface area contributed by atoms with Crippen LogP contribution in [0.15, 0.2) is 170 Å². The summed E-state index contributed by atoms with van der Waals surface area (Å²) in [4.78, 5) is 0. The number of para-hydroxylation sites is 3. The van der Waals surface area contributed by atoms with Crippen LogP contribution in [0.4, 0.5) is 0 Å². The van der Waals surface area contributed by atoms with E-state index in [2.05, 4.69) is 193 Å². The lowest BCUT2D eigenvalue weighted by atomic mass is 9.82. The van der Waals surface area contributed by atoms with Gasteiger partial charge in [-0.05, 0) is 105 Å². The third kappa shape index (κ3) is 3.93. The van der Waals surface area contributed by atoms with Crippen LogP contribution in [0.3, 0.4) is 0 Å². The highest BCUT2D eigenvalue weighted by atomic mass is 15.0. The molecule has 2 heterocycles. The van der Waals surface area contributed by atoms with Crippen LogP contribution in [-0.2, 0) is 5.41 Å². The second-order valence-corrected chi connectivity index (χ2v) is 14.6. The van der Waals surface area contributed by atoms with Crippen LogP contribution < -0.4 is 0 Å². The number of nitrogens with zero attached hydrogens (tertiary/aromatic N) is 2. The molecule has 240 valence electrons. The zero-order chi connectivity index (χ0) is 33.8. The van der Waals surface area contributed by atoms with Crippen molar-refractivity contribution in [1.29, 1.82) is 0 Å². The van der Waals surface area contributed by atoms with E-state index in [0.717, 1.165) is 0 Å². The number of hydrogen-bond acceptors (Lipinski definition) is 0. The van der Waals surface area contributed by atoms with E-state index in [9.17, 15) is 0 Å². The van der Waals surface area contributed by atoms with Crippen LogP contribution >= 0.6 is 0 Å².